The smallest absolute Gasteiger partial charge is 0.155 e. The standard InChI is InChI=1S/C16H21NO3/c1-3-4-5-6-11-9-15(19)17-16-12(11)7-8-14(20-2)13(16)10-18/h7-10,15,17,19H,3-6H2,1-2H3. The van der Waals surface area contributed by atoms with Gasteiger partial charge in [-0.2, -0.15) is 0 Å². The summed E-state index contributed by atoms with van der Waals surface area (Å²) in [6.45, 7) is 2.16. The van der Waals surface area contributed by atoms with Crippen molar-refractivity contribution in [3.8, 4) is 5.75 Å². The van der Waals surface area contributed by atoms with Gasteiger partial charge in [0.1, 0.15) is 12.0 Å². The molecule has 0 saturated heterocycles. The zero-order chi connectivity index (χ0) is 14.5. The molecule has 20 heavy (non-hydrogen) atoms. The molecular weight excluding hydrogens is 254 g/mol. The van der Waals surface area contributed by atoms with Crippen molar-refractivity contribution in [2.45, 2.75) is 38.8 Å². The number of aliphatic hydroxyl groups excluding tert-OH is 1. The number of hydrogen-bond donors (Lipinski definition) is 2. The molecule has 1 aliphatic heterocycles. The number of anilines is 1. The number of aldehydes is 1. The second-order valence-electron chi connectivity index (χ2n) is 4.96. The molecule has 108 valence electrons. The summed E-state index contributed by atoms with van der Waals surface area (Å²) >= 11 is 0. The summed E-state index contributed by atoms with van der Waals surface area (Å²) in [5.74, 6) is 0.522. The first-order valence-corrected chi connectivity index (χ1v) is 7.03. The number of aliphatic hydroxyl groups is 1. The third-order valence-corrected chi connectivity index (χ3v) is 3.59. The summed E-state index contributed by atoms with van der Waals surface area (Å²) in [5, 5.41) is 12.9. The van der Waals surface area contributed by atoms with Gasteiger partial charge in [-0.25, -0.2) is 0 Å². The molecule has 1 aromatic rings. The van der Waals surface area contributed by atoms with Gasteiger partial charge >= 0.3 is 0 Å². The fourth-order valence-corrected chi connectivity index (χ4v) is 2.57. The summed E-state index contributed by atoms with van der Waals surface area (Å²) in [6.07, 6.45) is 6.13. The van der Waals surface area contributed by atoms with Gasteiger partial charge in [0.15, 0.2) is 6.29 Å². The van der Waals surface area contributed by atoms with Gasteiger partial charge in [0.05, 0.1) is 18.4 Å². The molecule has 1 aromatic carbocycles. The third kappa shape index (κ3) is 2.85. The summed E-state index contributed by atoms with van der Waals surface area (Å²) in [5.41, 5.74) is 3.20. The highest BCUT2D eigenvalue weighted by Gasteiger charge is 2.22. The lowest BCUT2D eigenvalue weighted by Gasteiger charge is -2.25. The Labute approximate surface area is 119 Å². The number of carbonyl (C=O) groups is 1. The minimum absolute atomic E-state index is 0.463. The number of nitrogens with one attached hydrogen (secondary N) is 1. The van der Waals surface area contributed by atoms with Crippen molar-refractivity contribution < 1.29 is 14.6 Å². The number of unbranched alkanes of at least 4 members (excludes halogenated alkanes) is 2. The molecule has 1 atom stereocenters. The van der Waals surface area contributed by atoms with E-state index in [1.165, 1.54) is 7.11 Å². The number of ether oxygens (including phenoxy) is 1. The Morgan fingerprint density at radius 2 is 2.20 bits per heavy atom. The molecule has 2 rings (SSSR count). The first kappa shape index (κ1) is 14.6. The lowest BCUT2D eigenvalue weighted by Crippen LogP contribution is -2.22. The quantitative estimate of drug-likeness (QED) is 0.618. The zero-order valence-electron chi connectivity index (χ0n) is 12.0. The Hall–Kier alpha value is -1.81. The van der Waals surface area contributed by atoms with E-state index in [9.17, 15) is 9.90 Å². The molecule has 0 bridgehead atoms. The normalized spacial score (nSPS) is 16.9. The maximum Gasteiger partial charge on any atom is 0.155 e. The maximum absolute atomic E-state index is 11.3. The number of carbonyl (C=O) groups excluding carboxylic acids is 1. The minimum atomic E-state index is -0.759. The van der Waals surface area contributed by atoms with Crippen LogP contribution in [0.1, 0.15) is 48.5 Å². The molecule has 0 saturated carbocycles. The van der Waals surface area contributed by atoms with Crippen molar-refractivity contribution in [3.63, 3.8) is 0 Å². The Morgan fingerprint density at radius 1 is 1.40 bits per heavy atom. The van der Waals surface area contributed by atoms with E-state index in [0.29, 0.717) is 17.0 Å². The monoisotopic (exact) mass is 275 g/mol. The minimum Gasteiger partial charge on any atom is -0.496 e. The molecule has 1 heterocycles. The molecule has 4 heteroatoms. The van der Waals surface area contributed by atoms with Gasteiger partial charge in [-0.1, -0.05) is 19.8 Å². The van der Waals surface area contributed by atoms with Crippen LogP contribution in [0, 0.1) is 0 Å². The van der Waals surface area contributed by atoms with Gasteiger partial charge in [-0.15, -0.1) is 0 Å². The van der Waals surface area contributed by atoms with Crippen LogP contribution in [-0.4, -0.2) is 24.7 Å². The summed E-state index contributed by atoms with van der Waals surface area (Å²) in [4.78, 5) is 11.3. The molecule has 0 aliphatic carbocycles. The van der Waals surface area contributed by atoms with Crippen LogP contribution in [-0.2, 0) is 0 Å². The van der Waals surface area contributed by atoms with Crippen molar-refractivity contribution in [1.29, 1.82) is 0 Å². The van der Waals surface area contributed by atoms with Gasteiger partial charge < -0.3 is 15.2 Å². The molecule has 4 nitrogen and oxygen atoms in total. The van der Waals surface area contributed by atoms with E-state index in [0.717, 1.165) is 43.1 Å². The Balaban J connectivity index is 2.38. The predicted molar refractivity (Wildman–Crippen MR) is 80.1 cm³/mol. The maximum atomic E-state index is 11.3. The lowest BCUT2D eigenvalue weighted by atomic mass is 9.92. The van der Waals surface area contributed by atoms with Crippen molar-refractivity contribution >= 4 is 17.5 Å². The van der Waals surface area contributed by atoms with E-state index < -0.39 is 6.23 Å². The van der Waals surface area contributed by atoms with Crippen LogP contribution in [0.2, 0.25) is 0 Å². The molecule has 0 spiro atoms. The van der Waals surface area contributed by atoms with Crippen LogP contribution in [0.15, 0.2) is 18.2 Å². The van der Waals surface area contributed by atoms with E-state index in [-0.39, 0.29) is 0 Å². The van der Waals surface area contributed by atoms with Crippen LogP contribution in [0.4, 0.5) is 5.69 Å². The largest absolute Gasteiger partial charge is 0.496 e. The average molecular weight is 275 g/mol. The fraction of sp³-hybridized carbons (Fsp3) is 0.438. The van der Waals surface area contributed by atoms with Crippen LogP contribution in [0.5, 0.6) is 5.75 Å². The fourth-order valence-electron chi connectivity index (χ4n) is 2.57. The van der Waals surface area contributed by atoms with E-state index in [1.807, 2.05) is 12.1 Å². The number of fused-ring (bicyclic) bond motifs is 1. The highest BCUT2D eigenvalue weighted by Crippen LogP contribution is 2.38. The van der Waals surface area contributed by atoms with Crippen molar-refractivity contribution in [2.24, 2.45) is 0 Å². The molecule has 1 unspecified atom stereocenters. The van der Waals surface area contributed by atoms with E-state index in [4.69, 9.17) is 4.74 Å². The predicted octanol–water partition coefficient (Wildman–Crippen LogP) is 3.22. The highest BCUT2D eigenvalue weighted by molar-refractivity contribution is 5.95. The van der Waals surface area contributed by atoms with Gasteiger partial charge in [-0.3, -0.25) is 4.79 Å². The highest BCUT2D eigenvalue weighted by atomic mass is 16.5. The third-order valence-electron chi connectivity index (χ3n) is 3.59. The van der Waals surface area contributed by atoms with E-state index >= 15 is 0 Å². The summed E-state index contributed by atoms with van der Waals surface area (Å²) in [6, 6.07) is 3.74. The first-order valence-electron chi connectivity index (χ1n) is 7.03. The van der Waals surface area contributed by atoms with E-state index in [2.05, 4.69) is 12.2 Å². The topological polar surface area (TPSA) is 58.6 Å². The molecular formula is C16H21NO3. The van der Waals surface area contributed by atoms with Crippen LogP contribution in [0.3, 0.4) is 0 Å². The SMILES string of the molecule is CCCCCC1=CC(O)Nc2c1ccc(OC)c2C=O. The lowest BCUT2D eigenvalue weighted by molar-refractivity contribution is 0.112. The molecule has 0 aromatic heterocycles. The number of rotatable bonds is 6. The van der Waals surface area contributed by atoms with Crippen LogP contribution < -0.4 is 10.1 Å². The first-order chi connectivity index (χ1) is 9.71. The summed E-state index contributed by atoms with van der Waals surface area (Å²) < 4.78 is 5.20. The average Bonchev–Trinajstić information content (AvgIpc) is 2.45. The molecule has 0 radical (unpaired) electrons. The Bertz CT molecular complexity index is 523. The van der Waals surface area contributed by atoms with Gasteiger partial charge in [0, 0.05) is 5.56 Å². The second kappa shape index (κ2) is 6.57. The number of allylic oxidation sites excluding steroid dienone is 1. The molecule has 0 fully saturated rings. The van der Waals surface area contributed by atoms with Crippen LogP contribution >= 0.6 is 0 Å². The second-order valence-corrected chi connectivity index (χ2v) is 4.96. The molecule has 2 N–H and O–H groups in total. The van der Waals surface area contributed by atoms with Crippen LogP contribution in [0.25, 0.3) is 5.57 Å². The molecule has 1 aliphatic rings. The van der Waals surface area contributed by atoms with Gasteiger partial charge in [-0.05, 0) is 36.6 Å². The van der Waals surface area contributed by atoms with Gasteiger partial charge in [0.2, 0.25) is 0 Å². The van der Waals surface area contributed by atoms with Crippen molar-refractivity contribution in [2.75, 3.05) is 12.4 Å². The number of methoxy groups -OCH3 is 1. The number of benzene rings is 1. The van der Waals surface area contributed by atoms with Crippen molar-refractivity contribution in [1.82, 2.24) is 0 Å². The Morgan fingerprint density at radius 3 is 2.85 bits per heavy atom. The molecule has 0 amide bonds. The zero-order valence-corrected chi connectivity index (χ0v) is 12.0. The van der Waals surface area contributed by atoms with E-state index in [1.54, 1.807) is 6.07 Å². The summed E-state index contributed by atoms with van der Waals surface area (Å²) in [7, 11) is 1.53. The Kier molecular flexibility index (Phi) is 4.79. The number of hydrogen-bond acceptors (Lipinski definition) is 4. The van der Waals surface area contributed by atoms with Crippen molar-refractivity contribution in [3.05, 3.63) is 29.3 Å². The van der Waals surface area contributed by atoms with Gasteiger partial charge in [0.25, 0.3) is 0 Å².